The van der Waals surface area contributed by atoms with Crippen molar-refractivity contribution in [2.75, 3.05) is 0 Å². The molecule has 4 rings (SSSR count). The molecular weight excluding hydrogens is 473 g/mol. The van der Waals surface area contributed by atoms with Crippen molar-refractivity contribution in [3.05, 3.63) is 53.7 Å². The second kappa shape index (κ2) is 5.03. The number of aldehydes is 1. The van der Waals surface area contributed by atoms with Gasteiger partial charge in [0, 0.05) is 0 Å². The Morgan fingerprint density at radius 1 is 1.14 bits per heavy atom. The fourth-order valence-corrected chi connectivity index (χ4v) is 4.53. The van der Waals surface area contributed by atoms with Gasteiger partial charge in [0.1, 0.15) is 0 Å². The van der Waals surface area contributed by atoms with Crippen LogP contribution >= 0.6 is 11.3 Å². The molecule has 4 aromatic rings. The second-order valence-corrected chi connectivity index (χ2v) is 7.95. The molecule has 0 atom stereocenters. The first-order valence-electron chi connectivity index (χ1n) is 6.45. The third kappa shape index (κ3) is 2.13. The van der Waals surface area contributed by atoms with Gasteiger partial charge in [-0.1, -0.05) is 0 Å². The van der Waals surface area contributed by atoms with Crippen LogP contribution < -0.4 is 0 Å². The van der Waals surface area contributed by atoms with Crippen molar-refractivity contribution in [2.45, 2.75) is 0 Å². The van der Waals surface area contributed by atoms with E-state index in [4.69, 9.17) is 0 Å². The molecule has 0 unspecified atom stereocenters. The van der Waals surface area contributed by atoms with E-state index in [-0.39, 0.29) is 0 Å². The van der Waals surface area contributed by atoms with E-state index in [1.165, 1.54) is 5.52 Å². The summed E-state index contributed by atoms with van der Waals surface area (Å²) in [5.41, 5.74) is 5.24. The van der Waals surface area contributed by atoms with E-state index in [2.05, 4.69) is 43.8 Å². The van der Waals surface area contributed by atoms with Crippen molar-refractivity contribution in [3.63, 3.8) is 0 Å². The first kappa shape index (κ1) is 13.1. The van der Waals surface area contributed by atoms with Crippen LogP contribution in [0.5, 0.6) is 0 Å². The van der Waals surface area contributed by atoms with E-state index in [1.807, 2.05) is 11.7 Å². The van der Waals surface area contributed by atoms with Gasteiger partial charge < -0.3 is 0 Å². The van der Waals surface area contributed by atoms with Gasteiger partial charge in [-0.15, -0.1) is 0 Å². The first-order valence-corrected chi connectivity index (χ1v) is 9.34. The number of hydrogen-bond acceptors (Lipinski definition) is 3. The molecule has 0 radical (unpaired) electrons. The van der Waals surface area contributed by atoms with E-state index < -0.39 is 0 Å². The fraction of sp³-hybridized carbons (Fsp3) is 0. The van der Waals surface area contributed by atoms with Gasteiger partial charge in [-0.3, -0.25) is 0 Å². The van der Waals surface area contributed by atoms with Crippen molar-refractivity contribution in [1.82, 2.24) is 7.36 Å². The zero-order chi connectivity index (χ0) is 14.4. The number of carbonyl (C=O) groups excluding carboxylic acids is 1. The van der Waals surface area contributed by atoms with E-state index >= 15 is 0 Å². The summed E-state index contributed by atoms with van der Waals surface area (Å²) in [4.78, 5) is 15.5. The second-order valence-electron chi connectivity index (χ2n) is 4.88. The zero-order valence-electron chi connectivity index (χ0n) is 11.0. The number of benzene rings is 2. The van der Waals surface area contributed by atoms with Crippen molar-refractivity contribution in [3.8, 4) is 11.1 Å². The Balaban J connectivity index is 1.92. The average Bonchev–Trinajstić information content (AvgIpc) is 3.10. The van der Waals surface area contributed by atoms with Gasteiger partial charge in [-0.25, -0.2) is 0 Å². The molecule has 3 nitrogen and oxygen atoms in total. The number of rotatable bonds is 2. The topological polar surface area (TPSA) is 34.9 Å². The molecule has 2 aromatic heterocycles. The van der Waals surface area contributed by atoms with Gasteiger partial charge >= 0.3 is 142 Å². The minimum atomic E-state index is 0.725. The molecule has 0 N–H and O–H groups in total. The number of hydrogen-bond donors (Lipinski definition) is 0. The number of nitrogens with zero attached hydrogens (tertiary/aromatic N) is 2. The molecule has 21 heavy (non-hydrogen) atoms. The van der Waals surface area contributed by atoms with Crippen molar-refractivity contribution in [1.29, 1.82) is 0 Å². The molecule has 5 heteroatoms. The summed E-state index contributed by atoms with van der Waals surface area (Å²) in [5.74, 6) is 0. The van der Waals surface area contributed by atoms with Crippen LogP contribution in [0.1, 0.15) is 10.4 Å². The molecule has 0 amide bonds. The van der Waals surface area contributed by atoms with Gasteiger partial charge in [0.05, 0.1) is 0 Å². The molecule has 0 saturated heterocycles. The molecule has 0 saturated carbocycles. The number of imidazole rings is 1. The summed E-state index contributed by atoms with van der Waals surface area (Å²) in [6.07, 6.45) is 2.82. The number of carbonyl (C=O) groups is 1. The van der Waals surface area contributed by atoms with Gasteiger partial charge in [0.2, 0.25) is 0 Å². The minimum absolute atomic E-state index is 0.725. The van der Waals surface area contributed by atoms with Crippen molar-refractivity contribution < 1.29 is 4.79 Å². The summed E-state index contributed by atoms with van der Waals surface area (Å²) in [7, 11) is 0. The molecule has 0 aliphatic carbocycles. The molecule has 2 aromatic carbocycles. The molecule has 98 valence electrons. The predicted octanol–water partition coefficient (Wildman–Crippen LogP) is 3.66. The number of fused-ring (bicyclic) bond motifs is 2. The van der Waals surface area contributed by atoms with E-state index in [0.29, 0.717) is 0 Å². The first-order chi connectivity index (χ1) is 10.3. The van der Waals surface area contributed by atoms with Crippen LogP contribution in [0.2, 0.25) is 0 Å². The molecule has 0 bridgehead atoms. The number of thiophene rings is 1. The summed E-state index contributed by atoms with van der Waals surface area (Å²) in [6.45, 7) is 0. The van der Waals surface area contributed by atoms with Crippen LogP contribution in [-0.2, 0) is 0 Å². The Hall–Kier alpha value is -1.54. The molecular formula is C16H9N2OSTl. The van der Waals surface area contributed by atoms with Gasteiger partial charge in [-0.05, 0) is 0 Å². The van der Waals surface area contributed by atoms with Gasteiger partial charge in [-0.2, -0.15) is 0 Å². The van der Waals surface area contributed by atoms with Crippen LogP contribution in [0, 0.1) is 0 Å². The van der Waals surface area contributed by atoms with Crippen molar-refractivity contribution >= 4 is 64.8 Å². The Morgan fingerprint density at radius 2 is 1.95 bits per heavy atom. The summed E-state index contributed by atoms with van der Waals surface area (Å²) < 4.78 is 3.32. The zero-order valence-corrected chi connectivity index (χ0v) is 16.3. The molecule has 0 spiro atoms. The molecule has 0 aliphatic heterocycles. The molecule has 0 fully saturated rings. The van der Waals surface area contributed by atoms with E-state index in [1.54, 1.807) is 11.3 Å². The van der Waals surface area contributed by atoms with E-state index in [9.17, 15) is 4.79 Å². The Kier molecular flexibility index (Phi) is 3.15. The Bertz CT molecular complexity index is 986. The van der Waals surface area contributed by atoms with Crippen LogP contribution in [0.4, 0.5) is 0 Å². The SMILES string of the molecule is O=Cc1csc2ccc(-c3ccc4c(c3)nc[n]4[Tl])cc12. The van der Waals surface area contributed by atoms with Gasteiger partial charge in [0.15, 0.2) is 0 Å². The Labute approximate surface area is 141 Å². The number of aromatic nitrogens is 2. The standard InChI is InChI=1S/C16H9N2OS.Tl/c19-7-12-8-20-16-4-2-10(5-13(12)16)11-1-3-14-15(6-11)18-9-17-14;/h1-9H;/q-1;+1. The predicted molar refractivity (Wildman–Crippen MR) is 87.1 cm³/mol. The molecule has 2 heterocycles. The van der Waals surface area contributed by atoms with Crippen molar-refractivity contribution in [2.24, 2.45) is 0 Å². The monoisotopic (exact) mass is 482 g/mol. The third-order valence-corrected chi connectivity index (χ3v) is 6.22. The third-order valence-electron chi connectivity index (χ3n) is 3.64. The molecule has 0 aliphatic rings. The average molecular weight is 482 g/mol. The maximum atomic E-state index is 11.1. The quantitative estimate of drug-likeness (QED) is 0.324. The van der Waals surface area contributed by atoms with Crippen LogP contribution in [0.25, 0.3) is 32.2 Å². The Morgan fingerprint density at radius 3 is 2.81 bits per heavy atom. The summed E-state index contributed by atoms with van der Waals surface area (Å²) in [5, 5.41) is 2.94. The van der Waals surface area contributed by atoms with Gasteiger partial charge in [0.25, 0.3) is 0 Å². The maximum absolute atomic E-state index is 11.1. The summed E-state index contributed by atoms with van der Waals surface area (Å²) in [6, 6.07) is 12.6. The van der Waals surface area contributed by atoms with Crippen LogP contribution in [0.15, 0.2) is 48.1 Å². The van der Waals surface area contributed by atoms with Crippen LogP contribution in [-0.4, -0.2) is 39.7 Å². The summed E-state index contributed by atoms with van der Waals surface area (Å²) >= 11 is 2.33. The van der Waals surface area contributed by atoms with Crippen LogP contribution in [0.3, 0.4) is 0 Å². The van der Waals surface area contributed by atoms with E-state index in [0.717, 1.165) is 64.6 Å². The normalized spacial score (nSPS) is 11.2. The fourth-order valence-electron chi connectivity index (χ4n) is 2.53.